The van der Waals surface area contributed by atoms with Gasteiger partial charge in [-0.2, -0.15) is 0 Å². The standard InChI is InChI=1S/C8H13NO.C8H16N.2C8H16Si.C7H11NO2.C7H11NO.C7H10O2.C7H13OP.C5H8/c1-4-6-9(7-5-2)8(3)10;3*1-5-7-9(3,4)8-6-2;1-3-5-8(6-4-2)7(9)10;1-3-5-7(9)8-6-4-2;1-3-5-7(8)9-6-4-2;1-4-6-9(3,8)7-5-2;1-3-5-4-2/h4-5H,1-2,6-7H2,3H3;3*5-6H,1-2,7-8H2,3-4H3;3-4H,1-2,5-6H2,(H,9,10);3-4H,1-2,5-6H2,(H,8,9);3-4H,1-2,5-6H2;4-5H,1-2,6-7H2,3H3;3-4H,1-2,5H2/q;+1;;;;;;;. The molecule has 0 unspecified atom stereocenters. The second-order valence-corrected chi connectivity index (χ2v) is 32.7. The summed E-state index contributed by atoms with van der Waals surface area (Å²) >= 11 is 0. The molecule has 0 spiro atoms. The summed E-state index contributed by atoms with van der Waals surface area (Å²) in [6.45, 7) is 81.3. The number of likely N-dealkylation sites (N-methyl/N-ethyl adjacent to an activating group) is 1. The molecule has 448 valence electrons. The van der Waals surface area contributed by atoms with Crippen LogP contribution in [0.25, 0.3) is 0 Å². The lowest BCUT2D eigenvalue weighted by Crippen LogP contribution is -2.39. The summed E-state index contributed by atoms with van der Waals surface area (Å²) in [7, 11) is 0.505. The molecule has 79 heavy (non-hydrogen) atoms. The van der Waals surface area contributed by atoms with Crippen molar-refractivity contribution in [2.24, 2.45) is 0 Å². The monoisotopic (exact) mass is 1150 g/mol. The SMILES string of the molecule is C=CCC=C.C=CCN(CC=C)C(=O)O.C=CCN(CC=C)C(C)=O.C=CCNC(=O)CC=C.C=CCOC(=O)CC=C.C=CCP(C)(=O)CC=C.C=CC[N+](C)(C)CC=C.C=CC[Si](C)(C)CC=C.C=CC[Si](C)(C)CC=C. The van der Waals surface area contributed by atoms with E-state index in [1.807, 2.05) is 48.6 Å². The minimum absolute atomic E-state index is 0.00935. The van der Waals surface area contributed by atoms with E-state index in [-0.39, 0.29) is 30.8 Å². The zero-order chi connectivity index (χ0) is 63.6. The Morgan fingerprint density at radius 3 is 1.09 bits per heavy atom. The molecule has 14 heteroatoms. The lowest BCUT2D eigenvalue weighted by Gasteiger charge is -2.26. The second-order valence-electron chi connectivity index (χ2n) is 19.0. The van der Waals surface area contributed by atoms with E-state index in [4.69, 9.17) is 5.11 Å². The van der Waals surface area contributed by atoms with E-state index in [1.54, 1.807) is 48.0 Å². The molecule has 3 amide bonds. The molecular weight excluding hydrogens is 1040 g/mol. The van der Waals surface area contributed by atoms with Crippen molar-refractivity contribution in [3.8, 4) is 0 Å². The third kappa shape index (κ3) is 91.4. The van der Waals surface area contributed by atoms with Crippen molar-refractivity contribution in [2.75, 3.05) is 85.5 Å². The molecule has 0 bridgehead atoms. The van der Waals surface area contributed by atoms with E-state index >= 15 is 0 Å². The zero-order valence-electron chi connectivity index (χ0n) is 51.3. The summed E-state index contributed by atoms with van der Waals surface area (Å²) in [5.41, 5.74) is 0. The lowest BCUT2D eigenvalue weighted by atomic mass is 10.4. The summed E-state index contributed by atoms with van der Waals surface area (Å²) in [6.07, 6.45) is 33.6. The fraction of sp³-hybridized carbons (Fsp3) is 0.385. The van der Waals surface area contributed by atoms with E-state index in [0.717, 1.165) is 24.0 Å². The Kier molecular flexibility index (Phi) is 78.9. The Morgan fingerprint density at radius 2 is 0.861 bits per heavy atom. The van der Waals surface area contributed by atoms with Crippen LogP contribution in [0, 0.1) is 0 Å². The first-order valence-electron chi connectivity index (χ1n) is 26.0. The highest BCUT2D eigenvalue weighted by Crippen LogP contribution is 2.40. The van der Waals surface area contributed by atoms with Gasteiger partial charge < -0.3 is 34.0 Å². The van der Waals surface area contributed by atoms with Gasteiger partial charge in [-0.15, -0.1) is 98.7 Å². The van der Waals surface area contributed by atoms with Crippen LogP contribution in [0.2, 0.25) is 50.4 Å². The van der Waals surface area contributed by atoms with Crippen molar-refractivity contribution in [1.82, 2.24) is 15.1 Å². The number of hydrogen-bond acceptors (Lipinski definition) is 6. The van der Waals surface area contributed by atoms with E-state index in [0.29, 0.717) is 51.5 Å². The highest BCUT2D eigenvalue weighted by atomic mass is 31.2. The highest BCUT2D eigenvalue weighted by molar-refractivity contribution is 7.63. The molecule has 0 aromatic heterocycles. The van der Waals surface area contributed by atoms with Crippen LogP contribution in [0.1, 0.15) is 26.2 Å². The number of carbonyl (C=O) groups excluding carboxylic acids is 3. The number of carbonyl (C=O) groups is 4. The molecule has 0 saturated carbocycles. The molecule has 0 aliphatic rings. The van der Waals surface area contributed by atoms with Crippen LogP contribution < -0.4 is 5.32 Å². The van der Waals surface area contributed by atoms with Crippen molar-refractivity contribution in [1.29, 1.82) is 0 Å². The third-order valence-electron chi connectivity index (χ3n) is 8.96. The number of carboxylic acid groups (broad SMARTS) is 1. The molecule has 0 heterocycles. The maximum atomic E-state index is 11.3. The molecule has 0 atom stereocenters. The Labute approximate surface area is 487 Å². The van der Waals surface area contributed by atoms with Crippen LogP contribution in [-0.4, -0.2) is 145 Å². The Hall–Kier alpha value is -6.38. The number of nitrogens with zero attached hydrogens (tertiary/aromatic N) is 3. The molecule has 0 aromatic rings. The maximum Gasteiger partial charge on any atom is 0.407 e. The van der Waals surface area contributed by atoms with Crippen LogP contribution in [-0.2, 0) is 23.7 Å². The van der Waals surface area contributed by atoms with Gasteiger partial charge in [0.05, 0.1) is 56.9 Å². The minimum atomic E-state index is -1.93. The number of hydrogen-bond donors (Lipinski definition) is 2. The number of allylic oxidation sites excluding steroid dienone is 8. The summed E-state index contributed by atoms with van der Waals surface area (Å²) in [4.78, 5) is 45.0. The molecule has 0 fully saturated rings. The fourth-order valence-corrected chi connectivity index (χ4v) is 9.85. The maximum absolute atomic E-state index is 11.3. The van der Waals surface area contributed by atoms with Crippen molar-refractivity contribution >= 4 is 47.2 Å². The quantitative estimate of drug-likeness (QED) is 0.0215. The van der Waals surface area contributed by atoms with E-state index in [2.05, 4.69) is 169 Å². The molecule has 0 rings (SSSR count). The molecule has 2 N–H and O–H groups in total. The van der Waals surface area contributed by atoms with Crippen LogP contribution in [0.3, 0.4) is 0 Å². The van der Waals surface area contributed by atoms with Gasteiger partial charge in [0.1, 0.15) is 6.61 Å². The molecular formula is C65H114N4O7PSi2+. The number of nitrogens with one attached hydrogen (secondary N) is 1. The van der Waals surface area contributed by atoms with Gasteiger partial charge in [0, 0.05) is 58.4 Å². The van der Waals surface area contributed by atoms with Gasteiger partial charge in [0.25, 0.3) is 0 Å². The summed E-state index contributed by atoms with van der Waals surface area (Å²) in [5, 5.41) is 11.1. The van der Waals surface area contributed by atoms with Crippen LogP contribution in [0.5, 0.6) is 0 Å². The second kappa shape index (κ2) is 67.7. The number of amides is 3. The van der Waals surface area contributed by atoms with E-state index < -0.39 is 29.4 Å². The van der Waals surface area contributed by atoms with Gasteiger partial charge >= 0.3 is 12.1 Å². The van der Waals surface area contributed by atoms with E-state index in [1.165, 1.54) is 60.3 Å². The molecule has 0 radical (unpaired) electrons. The topological polar surface area (TPSA) is 133 Å². The van der Waals surface area contributed by atoms with Gasteiger partial charge in [-0.3, -0.25) is 14.4 Å². The first-order chi connectivity index (χ1) is 37.0. The average Bonchev–Trinajstić information content (AvgIpc) is 3.34. The van der Waals surface area contributed by atoms with Gasteiger partial charge in [-0.1, -0.05) is 143 Å². The van der Waals surface area contributed by atoms with Crippen molar-refractivity contribution in [2.45, 2.75) is 76.6 Å². The van der Waals surface area contributed by atoms with Crippen molar-refractivity contribution in [3.05, 3.63) is 228 Å². The fourth-order valence-electron chi connectivity index (χ4n) is 5.15. The van der Waals surface area contributed by atoms with Crippen LogP contribution in [0.4, 0.5) is 4.79 Å². The molecule has 11 nitrogen and oxygen atoms in total. The third-order valence-corrected chi connectivity index (χ3v) is 16.6. The Balaban J connectivity index is -0.000000100. The predicted molar refractivity (Wildman–Crippen MR) is 363 cm³/mol. The highest BCUT2D eigenvalue weighted by Gasteiger charge is 2.16. The Morgan fingerprint density at radius 1 is 0.506 bits per heavy atom. The Bertz CT molecular complexity index is 1640. The van der Waals surface area contributed by atoms with Crippen molar-refractivity contribution < 1.29 is 38.1 Å². The summed E-state index contributed by atoms with van der Waals surface area (Å²) < 4.78 is 16.8. The number of ether oxygens (including phenoxy) is 1. The number of quaternary nitrogens is 1. The van der Waals surface area contributed by atoms with Crippen LogP contribution >= 0.6 is 7.14 Å². The normalized spacial score (nSPS) is 9.32. The lowest BCUT2D eigenvalue weighted by molar-refractivity contribution is -0.878. The average molecular weight is 1150 g/mol. The first kappa shape index (κ1) is 92.0. The van der Waals surface area contributed by atoms with Gasteiger partial charge in [-0.05, 0) is 49.4 Å². The molecule has 0 saturated heterocycles. The number of rotatable bonds is 34. The van der Waals surface area contributed by atoms with Crippen LogP contribution in [0.15, 0.2) is 228 Å². The smallest absolute Gasteiger partial charge is 0.407 e. The predicted octanol–water partition coefficient (Wildman–Crippen LogP) is 16.4. The van der Waals surface area contributed by atoms with Crippen molar-refractivity contribution in [3.63, 3.8) is 0 Å². The molecule has 0 aliphatic heterocycles. The molecule has 0 aromatic carbocycles. The largest absolute Gasteiger partial charge is 0.465 e. The molecule has 0 aliphatic carbocycles. The summed E-state index contributed by atoms with van der Waals surface area (Å²) in [6, 6.07) is 4.83. The van der Waals surface area contributed by atoms with Gasteiger partial charge in [0.15, 0.2) is 0 Å². The summed E-state index contributed by atoms with van der Waals surface area (Å²) in [5.74, 6) is -0.213. The van der Waals surface area contributed by atoms with Gasteiger partial charge in [-0.25, -0.2) is 4.79 Å². The minimum Gasteiger partial charge on any atom is -0.465 e. The first-order valence-corrected chi connectivity index (χ1v) is 35.3. The number of esters is 1. The van der Waals surface area contributed by atoms with E-state index in [9.17, 15) is 23.7 Å². The van der Waals surface area contributed by atoms with Gasteiger partial charge in [0.2, 0.25) is 11.8 Å². The zero-order valence-corrected chi connectivity index (χ0v) is 54.2.